The molecule has 5 amide bonds. The van der Waals surface area contributed by atoms with E-state index in [9.17, 15) is 33.9 Å². The number of benzene rings is 2. The summed E-state index contributed by atoms with van der Waals surface area (Å²) in [6, 6.07) is 12.0. The van der Waals surface area contributed by atoms with Gasteiger partial charge >= 0.3 is 5.97 Å². The molecule has 272 valence electrons. The SMILES string of the molecule is CC[C@H](C)[C@H](N)C(=O)N[C@@H](Cc1ccccc1)C(=O)N[C@H](C(=O)N1CCC[C@H]1C(=O)N[C@@H](C)C(=O)N[C@@H](Cc1ccccc1)C(=O)O)C(C)C. The standard InChI is InChI=1S/C37H52N6O7/c1-6-23(4)30(38)35(47)40-27(20-25-14-9-7-10-15-25)33(45)42-31(22(2)3)36(48)43-19-13-18-29(43)34(46)39-24(5)32(44)41-28(37(49)50)21-26-16-11-8-12-17-26/h7-12,14-17,22-24,27-31H,6,13,18-21,38H2,1-5H3,(H,39,46)(H,40,47)(H,41,44)(H,42,45)(H,49,50)/t23-,24-,27-,28-,29-,30-,31-/m0/s1. The van der Waals surface area contributed by atoms with Crippen molar-refractivity contribution in [2.75, 3.05) is 6.54 Å². The quantitative estimate of drug-likeness (QED) is 0.143. The fourth-order valence-corrected chi connectivity index (χ4v) is 5.81. The van der Waals surface area contributed by atoms with Gasteiger partial charge in [0.2, 0.25) is 29.5 Å². The Kier molecular flexibility index (Phi) is 14.9. The number of aliphatic carboxylic acids is 1. The van der Waals surface area contributed by atoms with Crippen molar-refractivity contribution in [3.8, 4) is 0 Å². The van der Waals surface area contributed by atoms with E-state index in [0.29, 0.717) is 19.3 Å². The fourth-order valence-electron chi connectivity index (χ4n) is 5.81. The summed E-state index contributed by atoms with van der Waals surface area (Å²) in [5, 5.41) is 20.4. The number of hydrogen-bond donors (Lipinski definition) is 6. The summed E-state index contributed by atoms with van der Waals surface area (Å²) in [5.41, 5.74) is 7.70. The van der Waals surface area contributed by atoms with E-state index in [1.807, 2.05) is 44.2 Å². The molecule has 0 aliphatic carbocycles. The van der Waals surface area contributed by atoms with Crippen LogP contribution >= 0.6 is 0 Å². The molecule has 1 heterocycles. The average molecular weight is 693 g/mol. The first-order valence-corrected chi connectivity index (χ1v) is 17.3. The van der Waals surface area contributed by atoms with Crippen molar-refractivity contribution in [1.29, 1.82) is 0 Å². The highest BCUT2D eigenvalue weighted by atomic mass is 16.4. The van der Waals surface area contributed by atoms with Gasteiger partial charge in [0.15, 0.2) is 0 Å². The lowest BCUT2D eigenvalue weighted by Gasteiger charge is -2.32. The number of amides is 5. The van der Waals surface area contributed by atoms with Crippen molar-refractivity contribution in [3.05, 3.63) is 71.8 Å². The maximum Gasteiger partial charge on any atom is 0.326 e. The van der Waals surface area contributed by atoms with E-state index in [1.54, 1.807) is 44.2 Å². The van der Waals surface area contributed by atoms with Crippen LogP contribution in [0.15, 0.2) is 60.7 Å². The van der Waals surface area contributed by atoms with Crippen molar-refractivity contribution in [2.24, 2.45) is 17.6 Å². The van der Waals surface area contributed by atoms with E-state index < -0.39 is 71.8 Å². The molecule has 13 heteroatoms. The number of likely N-dealkylation sites (tertiary alicyclic amines) is 1. The van der Waals surface area contributed by atoms with Gasteiger partial charge in [0.1, 0.15) is 30.2 Å². The van der Waals surface area contributed by atoms with Crippen LogP contribution in [0.1, 0.15) is 65.0 Å². The summed E-state index contributed by atoms with van der Waals surface area (Å²) in [4.78, 5) is 80.4. The topological polar surface area (TPSA) is 200 Å². The first kappa shape index (κ1) is 39.7. The molecular weight excluding hydrogens is 640 g/mol. The second kappa shape index (κ2) is 18.8. The number of nitrogens with one attached hydrogen (secondary N) is 4. The van der Waals surface area contributed by atoms with Crippen LogP contribution in [0.4, 0.5) is 0 Å². The molecule has 1 aliphatic rings. The number of rotatable bonds is 17. The predicted octanol–water partition coefficient (Wildman–Crippen LogP) is 1.54. The van der Waals surface area contributed by atoms with Crippen molar-refractivity contribution >= 4 is 35.5 Å². The van der Waals surface area contributed by atoms with E-state index in [-0.39, 0.29) is 31.2 Å². The van der Waals surface area contributed by atoms with Gasteiger partial charge in [0.05, 0.1) is 6.04 Å². The largest absolute Gasteiger partial charge is 0.480 e. The van der Waals surface area contributed by atoms with Crippen LogP contribution in [0, 0.1) is 11.8 Å². The zero-order valence-electron chi connectivity index (χ0n) is 29.6. The molecule has 0 aromatic heterocycles. The van der Waals surface area contributed by atoms with Crippen molar-refractivity contribution in [3.63, 3.8) is 0 Å². The maximum atomic E-state index is 14.0. The maximum absolute atomic E-state index is 14.0. The lowest BCUT2D eigenvalue weighted by Crippen LogP contribution is -2.60. The van der Waals surface area contributed by atoms with Gasteiger partial charge in [-0.05, 0) is 42.7 Å². The Morgan fingerprint density at radius 1 is 0.780 bits per heavy atom. The Labute approximate surface area is 294 Å². The summed E-state index contributed by atoms with van der Waals surface area (Å²) in [6.45, 7) is 9.05. The van der Waals surface area contributed by atoms with Gasteiger partial charge in [-0.1, -0.05) is 94.8 Å². The molecule has 7 atom stereocenters. The second-order valence-electron chi connectivity index (χ2n) is 13.4. The van der Waals surface area contributed by atoms with E-state index >= 15 is 0 Å². The number of carboxylic acid groups (broad SMARTS) is 1. The minimum atomic E-state index is -1.21. The van der Waals surface area contributed by atoms with Gasteiger partial charge < -0.3 is 37.0 Å². The van der Waals surface area contributed by atoms with E-state index in [0.717, 1.165) is 11.1 Å². The third kappa shape index (κ3) is 11.1. The zero-order chi connectivity index (χ0) is 37.0. The molecule has 0 radical (unpaired) electrons. The van der Waals surface area contributed by atoms with E-state index in [4.69, 9.17) is 5.73 Å². The minimum absolute atomic E-state index is 0.0658. The third-order valence-electron chi connectivity index (χ3n) is 9.19. The molecule has 0 unspecified atom stereocenters. The van der Waals surface area contributed by atoms with E-state index in [1.165, 1.54) is 11.8 Å². The Morgan fingerprint density at radius 3 is 1.84 bits per heavy atom. The molecule has 0 saturated carbocycles. The molecule has 1 saturated heterocycles. The molecule has 0 spiro atoms. The average Bonchev–Trinajstić information content (AvgIpc) is 3.60. The normalized spacial score (nSPS) is 17.8. The van der Waals surface area contributed by atoms with Gasteiger partial charge in [0, 0.05) is 19.4 Å². The van der Waals surface area contributed by atoms with Gasteiger partial charge in [-0.3, -0.25) is 24.0 Å². The highest BCUT2D eigenvalue weighted by molar-refractivity contribution is 5.96. The van der Waals surface area contributed by atoms with Gasteiger partial charge in [-0.15, -0.1) is 0 Å². The number of nitrogens with two attached hydrogens (primary N) is 1. The summed E-state index contributed by atoms with van der Waals surface area (Å²) < 4.78 is 0. The first-order valence-electron chi connectivity index (χ1n) is 17.3. The summed E-state index contributed by atoms with van der Waals surface area (Å²) in [5.74, 6) is -4.41. The van der Waals surface area contributed by atoms with Gasteiger partial charge in [-0.25, -0.2) is 4.79 Å². The number of carbonyl (C=O) groups is 6. The van der Waals surface area contributed by atoms with E-state index in [2.05, 4.69) is 21.3 Å². The van der Waals surface area contributed by atoms with Crippen LogP contribution in [0.3, 0.4) is 0 Å². The molecular formula is C37H52N6O7. The molecule has 7 N–H and O–H groups in total. The highest BCUT2D eigenvalue weighted by Gasteiger charge is 2.40. The van der Waals surface area contributed by atoms with Crippen molar-refractivity contribution < 1.29 is 33.9 Å². The molecule has 13 nitrogen and oxygen atoms in total. The van der Waals surface area contributed by atoms with Crippen LogP contribution in [0.2, 0.25) is 0 Å². The lowest BCUT2D eigenvalue weighted by molar-refractivity contribution is -0.144. The predicted molar refractivity (Wildman–Crippen MR) is 188 cm³/mol. The molecule has 50 heavy (non-hydrogen) atoms. The number of carbonyl (C=O) groups excluding carboxylic acids is 5. The first-order chi connectivity index (χ1) is 23.7. The van der Waals surface area contributed by atoms with Crippen LogP contribution in [0.5, 0.6) is 0 Å². The molecule has 1 aliphatic heterocycles. The van der Waals surface area contributed by atoms with Crippen molar-refractivity contribution in [2.45, 2.75) is 103 Å². The molecule has 3 rings (SSSR count). The second-order valence-corrected chi connectivity index (χ2v) is 13.4. The third-order valence-corrected chi connectivity index (χ3v) is 9.19. The zero-order valence-corrected chi connectivity index (χ0v) is 29.6. The number of nitrogens with zero attached hydrogens (tertiary/aromatic N) is 1. The Bertz CT molecular complexity index is 1470. The highest BCUT2D eigenvalue weighted by Crippen LogP contribution is 2.21. The van der Waals surface area contributed by atoms with Gasteiger partial charge in [0.25, 0.3) is 0 Å². The fraction of sp³-hybridized carbons (Fsp3) is 0.514. The van der Waals surface area contributed by atoms with Crippen LogP contribution < -0.4 is 27.0 Å². The lowest BCUT2D eigenvalue weighted by atomic mass is 9.97. The molecule has 0 bridgehead atoms. The van der Waals surface area contributed by atoms with Crippen molar-refractivity contribution in [1.82, 2.24) is 26.2 Å². The molecule has 2 aromatic rings. The van der Waals surface area contributed by atoms with Crippen LogP contribution in [-0.2, 0) is 41.6 Å². The molecule has 1 fully saturated rings. The van der Waals surface area contributed by atoms with Gasteiger partial charge in [-0.2, -0.15) is 0 Å². The van der Waals surface area contributed by atoms with Crippen LogP contribution in [-0.4, -0.2) is 88.3 Å². The number of carboxylic acids is 1. The smallest absolute Gasteiger partial charge is 0.326 e. The summed E-state index contributed by atoms with van der Waals surface area (Å²) in [6.07, 6.45) is 1.79. The summed E-state index contributed by atoms with van der Waals surface area (Å²) >= 11 is 0. The molecule has 2 aromatic carbocycles. The Morgan fingerprint density at radius 2 is 1.32 bits per heavy atom. The Hall–Kier alpha value is -4.78. The van der Waals surface area contributed by atoms with Crippen LogP contribution in [0.25, 0.3) is 0 Å². The Balaban J connectivity index is 1.70. The minimum Gasteiger partial charge on any atom is -0.480 e. The monoisotopic (exact) mass is 692 g/mol. The summed E-state index contributed by atoms with van der Waals surface area (Å²) in [7, 11) is 0. The number of hydrogen-bond acceptors (Lipinski definition) is 7.